The van der Waals surface area contributed by atoms with Gasteiger partial charge in [0.15, 0.2) is 0 Å². The first kappa shape index (κ1) is 15.9. The molecule has 24 heavy (non-hydrogen) atoms. The van der Waals surface area contributed by atoms with Crippen molar-refractivity contribution in [1.82, 2.24) is 4.90 Å². The van der Waals surface area contributed by atoms with Gasteiger partial charge in [-0.25, -0.2) is 0 Å². The quantitative estimate of drug-likeness (QED) is 0.706. The minimum absolute atomic E-state index is 0.370. The summed E-state index contributed by atoms with van der Waals surface area (Å²) in [5.41, 5.74) is 3.35. The molecule has 0 bridgehead atoms. The van der Waals surface area contributed by atoms with Crippen LogP contribution in [0.25, 0.3) is 0 Å². The molecule has 0 aromatic heterocycles. The SMILES string of the molecule is CC(c1ccccc1)N1CC[C@@H]2CCCC[C@@]21Cc1ccccc1. The van der Waals surface area contributed by atoms with Crippen LogP contribution in [0.5, 0.6) is 0 Å². The summed E-state index contributed by atoms with van der Waals surface area (Å²) in [5.74, 6) is 0.873. The number of fused-ring (bicyclic) bond motifs is 1. The number of hydrogen-bond acceptors (Lipinski definition) is 1. The Kier molecular flexibility index (Phi) is 4.45. The van der Waals surface area contributed by atoms with Gasteiger partial charge in [-0.1, -0.05) is 73.5 Å². The van der Waals surface area contributed by atoms with Gasteiger partial charge >= 0.3 is 0 Å². The zero-order valence-electron chi connectivity index (χ0n) is 14.8. The lowest BCUT2D eigenvalue weighted by Gasteiger charge is -2.48. The summed E-state index contributed by atoms with van der Waals surface area (Å²) in [4.78, 5) is 2.86. The van der Waals surface area contributed by atoms with Gasteiger partial charge in [-0.15, -0.1) is 0 Å². The molecule has 1 heteroatoms. The zero-order valence-corrected chi connectivity index (χ0v) is 14.8. The van der Waals surface area contributed by atoms with Crippen LogP contribution in [0, 0.1) is 5.92 Å². The molecule has 1 aliphatic heterocycles. The highest BCUT2D eigenvalue weighted by Gasteiger charge is 2.50. The molecule has 3 atom stereocenters. The predicted octanol–water partition coefficient (Wildman–Crippen LogP) is 5.63. The van der Waals surface area contributed by atoms with E-state index in [1.165, 1.54) is 56.2 Å². The van der Waals surface area contributed by atoms with Gasteiger partial charge in [0, 0.05) is 11.6 Å². The van der Waals surface area contributed by atoms with E-state index >= 15 is 0 Å². The maximum atomic E-state index is 2.86. The third kappa shape index (κ3) is 2.80. The van der Waals surface area contributed by atoms with E-state index in [0.717, 1.165) is 5.92 Å². The normalized spacial score (nSPS) is 28.5. The van der Waals surface area contributed by atoms with E-state index in [-0.39, 0.29) is 0 Å². The molecule has 2 aromatic carbocycles. The highest BCUT2D eigenvalue weighted by atomic mass is 15.3. The first-order valence-corrected chi connectivity index (χ1v) is 9.65. The lowest BCUT2D eigenvalue weighted by atomic mass is 9.70. The van der Waals surface area contributed by atoms with Crippen molar-refractivity contribution in [2.24, 2.45) is 5.92 Å². The Labute approximate surface area is 146 Å². The Bertz CT molecular complexity index is 650. The molecule has 1 heterocycles. The molecule has 0 N–H and O–H groups in total. The van der Waals surface area contributed by atoms with Gasteiger partial charge in [0.25, 0.3) is 0 Å². The van der Waals surface area contributed by atoms with Crippen molar-refractivity contribution in [2.75, 3.05) is 6.54 Å². The number of benzene rings is 2. The number of hydrogen-bond donors (Lipinski definition) is 0. The first-order chi connectivity index (χ1) is 11.8. The first-order valence-electron chi connectivity index (χ1n) is 9.65. The molecule has 0 spiro atoms. The largest absolute Gasteiger partial charge is 0.290 e. The van der Waals surface area contributed by atoms with Gasteiger partial charge in [-0.2, -0.15) is 0 Å². The van der Waals surface area contributed by atoms with Crippen molar-refractivity contribution < 1.29 is 0 Å². The van der Waals surface area contributed by atoms with E-state index in [4.69, 9.17) is 0 Å². The van der Waals surface area contributed by atoms with Gasteiger partial charge in [-0.05, 0) is 56.2 Å². The van der Waals surface area contributed by atoms with E-state index < -0.39 is 0 Å². The van der Waals surface area contributed by atoms with Crippen LogP contribution in [0.15, 0.2) is 60.7 Å². The average Bonchev–Trinajstić information content (AvgIpc) is 3.01. The van der Waals surface area contributed by atoms with Crippen molar-refractivity contribution in [2.45, 2.75) is 57.0 Å². The molecule has 4 rings (SSSR count). The van der Waals surface area contributed by atoms with Crippen LogP contribution in [0.1, 0.15) is 56.2 Å². The summed E-state index contributed by atoms with van der Waals surface area (Å²) in [7, 11) is 0. The Morgan fingerprint density at radius 3 is 2.42 bits per heavy atom. The van der Waals surface area contributed by atoms with Crippen LogP contribution in [-0.4, -0.2) is 17.0 Å². The molecule has 1 saturated carbocycles. The average molecular weight is 319 g/mol. The number of rotatable bonds is 4. The molecule has 2 aliphatic rings. The standard InChI is InChI=1S/C23H29N/c1-19(21-12-6-3-7-13-21)24-17-15-22-14-8-9-16-23(22,24)18-20-10-4-2-5-11-20/h2-7,10-13,19,22H,8-9,14-18H2,1H3/t19?,22-,23+/m0/s1. The van der Waals surface area contributed by atoms with Crippen molar-refractivity contribution in [3.8, 4) is 0 Å². The van der Waals surface area contributed by atoms with Crippen molar-refractivity contribution in [3.63, 3.8) is 0 Å². The Hall–Kier alpha value is -1.60. The second-order valence-electron chi connectivity index (χ2n) is 7.78. The number of likely N-dealkylation sites (tertiary alicyclic amines) is 1. The molecule has 1 unspecified atom stereocenters. The van der Waals surface area contributed by atoms with Crippen LogP contribution in [0.2, 0.25) is 0 Å². The van der Waals surface area contributed by atoms with E-state index in [1.54, 1.807) is 0 Å². The summed E-state index contributed by atoms with van der Waals surface area (Å²) < 4.78 is 0. The van der Waals surface area contributed by atoms with Crippen LogP contribution < -0.4 is 0 Å². The van der Waals surface area contributed by atoms with E-state index in [2.05, 4.69) is 72.5 Å². The van der Waals surface area contributed by atoms with Crippen LogP contribution >= 0.6 is 0 Å². The van der Waals surface area contributed by atoms with Gasteiger partial charge in [0.1, 0.15) is 0 Å². The van der Waals surface area contributed by atoms with Gasteiger partial charge in [0.2, 0.25) is 0 Å². The predicted molar refractivity (Wildman–Crippen MR) is 101 cm³/mol. The van der Waals surface area contributed by atoms with Crippen molar-refractivity contribution in [1.29, 1.82) is 0 Å². The highest BCUT2D eigenvalue weighted by Crippen LogP contribution is 2.50. The van der Waals surface area contributed by atoms with E-state index in [0.29, 0.717) is 11.6 Å². The van der Waals surface area contributed by atoms with Gasteiger partial charge in [0.05, 0.1) is 0 Å². The summed E-state index contributed by atoms with van der Waals surface area (Å²) in [6, 6.07) is 22.8. The second kappa shape index (κ2) is 6.72. The van der Waals surface area contributed by atoms with E-state index in [1.807, 2.05) is 0 Å². The van der Waals surface area contributed by atoms with Crippen LogP contribution in [0.3, 0.4) is 0 Å². The fraction of sp³-hybridized carbons (Fsp3) is 0.478. The minimum Gasteiger partial charge on any atom is -0.290 e. The fourth-order valence-corrected chi connectivity index (χ4v) is 5.38. The maximum absolute atomic E-state index is 2.86. The maximum Gasteiger partial charge on any atom is 0.0325 e. The molecule has 2 fully saturated rings. The molecular weight excluding hydrogens is 290 g/mol. The fourth-order valence-electron chi connectivity index (χ4n) is 5.38. The van der Waals surface area contributed by atoms with Gasteiger partial charge < -0.3 is 0 Å². The highest BCUT2D eigenvalue weighted by molar-refractivity contribution is 5.24. The van der Waals surface area contributed by atoms with Crippen molar-refractivity contribution in [3.05, 3.63) is 71.8 Å². The Balaban J connectivity index is 1.67. The second-order valence-corrected chi connectivity index (χ2v) is 7.78. The minimum atomic E-state index is 0.370. The zero-order chi connectivity index (χ0) is 16.4. The topological polar surface area (TPSA) is 3.24 Å². The monoisotopic (exact) mass is 319 g/mol. The van der Waals surface area contributed by atoms with Crippen LogP contribution in [-0.2, 0) is 6.42 Å². The third-order valence-electron chi connectivity index (χ3n) is 6.57. The van der Waals surface area contributed by atoms with Crippen molar-refractivity contribution >= 4 is 0 Å². The smallest absolute Gasteiger partial charge is 0.0325 e. The molecule has 126 valence electrons. The molecular formula is C23H29N. The molecule has 1 nitrogen and oxygen atoms in total. The number of nitrogens with zero attached hydrogens (tertiary/aromatic N) is 1. The third-order valence-corrected chi connectivity index (χ3v) is 6.57. The summed E-state index contributed by atoms with van der Waals surface area (Å²) in [6.07, 6.45) is 8.20. The molecule has 1 saturated heterocycles. The Morgan fingerprint density at radius 1 is 0.958 bits per heavy atom. The van der Waals surface area contributed by atoms with Crippen LogP contribution in [0.4, 0.5) is 0 Å². The molecule has 2 aromatic rings. The molecule has 1 aliphatic carbocycles. The molecule has 0 radical (unpaired) electrons. The summed E-state index contributed by atoms with van der Waals surface area (Å²) in [5, 5.41) is 0. The lowest BCUT2D eigenvalue weighted by Crippen LogP contribution is -2.52. The van der Waals surface area contributed by atoms with Gasteiger partial charge in [-0.3, -0.25) is 4.90 Å². The lowest BCUT2D eigenvalue weighted by molar-refractivity contribution is 0.0333. The Morgan fingerprint density at radius 2 is 1.67 bits per heavy atom. The molecule has 0 amide bonds. The summed E-state index contributed by atoms with van der Waals surface area (Å²) >= 11 is 0. The summed E-state index contributed by atoms with van der Waals surface area (Å²) in [6.45, 7) is 3.67. The van der Waals surface area contributed by atoms with E-state index in [9.17, 15) is 0 Å².